The number of hydrazine groups is 1. The van der Waals surface area contributed by atoms with Gasteiger partial charge >= 0.3 is 0 Å². The molecule has 90 valence electrons. The SMILES string of the molecule is CC1(C)C(C(NN)c2ccc(Cl)s2)C1(C)C. The Labute approximate surface area is 106 Å². The Morgan fingerprint density at radius 1 is 1.31 bits per heavy atom. The fourth-order valence-corrected chi connectivity index (χ4v) is 4.08. The van der Waals surface area contributed by atoms with Crippen LogP contribution >= 0.6 is 22.9 Å². The second kappa shape index (κ2) is 3.70. The van der Waals surface area contributed by atoms with E-state index in [0.29, 0.717) is 16.7 Å². The number of halogens is 1. The molecule has 1 aliphatic rings. The number of nitrogens with two attached hydrogens (primary N) is 1. The van der Waals surface area contributed by atoms with Crippen LogP contribution in [-0.4, -0.2) is 0 Å². The van der Waals surface area contributed by atoms with Crippen LogP contribution in [0.15, 0.2) is 12.1 Å². The molecule has 2 nitrogen and oxygen atoms in total. The average molecular weight is 259 g/mol. The van der Waals surface area contributed by atoms with Crippen molar-refractivity contribution >= 4 is 22.9 Å². The lowest BCUT2D eigenvalue weighted by molar-refractivity contribution is 0.423. The summed E-state index contributed by atoms with van der Waals surface area (Å²) in [7, 11) is 0. The zero-order valence-corrected chi connectivity index (χ0v) is 11.7. The molecule has 1 aromatic heterocycles. The van der Waals surface area contributed by atoms with Crippen molar-refractivity contribution in [2.75, 3.05) is 0 Å². The minimum atomic E-state index is 0.211. The Hall–Kier alpha value is -0.0900. The van der Waals surface area contributed by atoms with E-state index in [1.165, 1.54) is 4.88 Å². The molecular weight excluding hydrogens is 240 g/mol. The third kappa shape index (κ3) is 1.61. The molecule has 4 heteroatoms. The van der Waals surface area contributed by atoms with Crippen molar-refractivity contribution in [3.8, 4) is 0 Å². The summed E-state index contributed by atoms with van der Waals surface area (Å²) < 4.78 is 0.825. The molecule has 1 fully saturated rings. The zero-order valence-electron chi connectivity index (χ0n) is 10.2. The van der Waals surface area contributed by atoms with E-state index in [-0.39, 0.29) is 6.04 Å². The van der Waals surface area contributed by atoms with E-state index < -0.39 is 0 Å². The summed E-state index contributed by atoms with van der Waals surface area (Å²) in [6.07, 6.45) is 0. The van der Waals surface area contributed by atoms with Gasteiger partial charge in [0.1, 0.15) is 0 Å². The molecular formula is C12H19ClN2S. The van der Waals surface area contributed by atoms with Gasteiger partial charge in [-0.3, -0.25) is 11.3 Å². The molecule has 0 saturated heterocycles. The standard InChI is InChI=1S/C12H19ClN2S/c1-11(2)10(12(11,3)4)9(15-14)7-5-6-8(13)16-7/h5-6,9-10,15H,14H2,1-4H3. The summed E-state index contributed by atoms with van der Waals surface area (Å²) in [4.78, 5) is 1.23. The second-order valence-corrected chi connectivity index (χ2v) is 7.45. The molecule has 1 aliphatic carbocycles. The first-order chi connectivity index (χ1) is 7.32. The van der Waals surface area contributed by atoms with Gasteiger partial charge in [-0.25, -0.2) is 0 Å². The molecule has 0 spiro atoms. The van der Waals surface area contributed by atoms with E-state index in [9.17, 15) is 0 Å². The van der Waals surface area contributed by atoms with E-state index >= 15 is 0 Å². The van der Waals surface area contributed by atoms with Crippen molar-refractivity contribution in [1.29, 1.82) is 0 Å². The van der Waals surface area contributed by atoms with E-state index in [1.54, 1.807) is 11.3 Å². The number of hydrogen-bond donors (Lipinski definition) is 2. The smallest absolute Gasteiger partial charge is 0.0931 e. The minimum absolute atomic E-state index is 0.211. The Morgan fingerprint density at radius 2 is 1.88 bits per heavy atom. The highest BCUT2D eigenvalue weighted by Gasteiger charge is 2.67. The van der Waals surface area contributed by atoms with Crippen molar-refractivity contribution in [1.82, 2.24) is 5.43 Å². The molecule has 16 heavy (non-hydrogen) atoms. The predicted octanol–water partition coefficient (Wildman–Crippen LogP) is 3.59. The molecule has 3 N–H and O–H groups in total. The molecule has 1 heterocycles. The third-order valence-corrected chi connectivity index (χ3v) is 5.86. The van der Waals surface area contributed by atoms with Crippen molar-refractivity contribution < 1.29 is 0 Å². The van der Waals surface area contributed by atoms with Crippen LogP contribution in [0, 0.1) is 16.7 Å². The summed E-state index contributed by atoms with van der Waals surface area (Å²) in [5, 5.41) is 0. The monoisotopic (exact) mass is 258 g/mol. The predicted molar refractivity (Wildman–Crippen MR) is 70.4 cm³/mol. The summed E-state index contributed by atoms with van der Waals surface area (Å²) in [6, 6.07) is 4.22. The fourth-order valence-electron chi connectivity index (χ4n) is 2.92. The van der Waals surface area contributed by atoms with Crippen molar-refractivity contribution in [3.63, 3.8) is 0 Å². The molecule has 2 rings (SSSR count). The molecule has 1 unspecified atom stereocenters. The van der Waals surface area contributed by atoms with Crippen LogP contribution in [0.25, 0.3) is 0 Å². The van der Waals surface area contributed by atoms with Gasteiger partial charge in [-0.15, -0.1) is 11.3 Å². The van der Waals surface area contributed by atoms with E-state index in [4.69, 9.17) is 17.4 Å². The maximum atomic E-state index is 5.98. The van der Waals surface area contributed by atoms with Gasteiger partial charge in [0.2, 0.25) is 0 Å². The first kappa shape index (κ1) is 12.4. The number of hydrogen-bond acceptors (Lipinski definition) is 3. The van der Waals surface area contributed by atoms with Crippen LogP contribution < -0.4 is 11.3 Å². The van der Waals surface area contributed by atoms with Gasteiger partial charge in [0.05, 0.1) is 10.4 Å². The first-order valence-electron chi connectivity index (χ1n) is 5.53. The van der Waals surface area contributed by atoms with E-state index in [1.807, 2.05) is 6.07 Å². The van der Waals surface area contributed by atoms with Gasteiger partial charge < -0.3 is 0 Å². The largest absolute Gasteiger partial charge is 0.271 e. The quantitative estimate of drug-likeness (QED) is 0.642. The van der Waals surface area contributed by atoms with Gasteiger partial charge in [0.15, 0.2) is 0 Å². The highest BCUT2D eigenvalue weighted by Crippen LogP contribution is 2.72. The molecule has 0 aliphatic heterocycles. The second-order valence-electron chi connectivity index (χ2n) is 5.71. The van der Waals surface area contributed by atoms with Crippen molar-refractivity contribution in [2.45, 2.75) is 33.7 Å². The lowest BCUT2D eigenvalue weighted by Crippen LogP contribution is -2.30. The first-order valence-corrected chi connectivity index (χ1v) is 6.73. The highest BCUT2D eigenvalue weighted by molar-refractivity contribution is 7.16. The lowest BCUT2D eigenvalue weighted by Gasteiger charge is -2.16. The van der Waals surface area contributed by atoms with Crippen molar-refractivity contribution in [2.24, 2.45) is 22.6 Å². The summed E-state index contributed by atoms with van der Waals surface area (Å²) in [6.45, 7) is 9.21. The van der Waals surface area contributed by atoms with Crippen LogP contribution in [0.5, 0.6) is 0 Å². The zero-order chi connectivity index (χ0) is 12.1. The van der Waals surface area contributed by atoms with Crippen LogP contribution in [0.4, 0.5) is 0 Å². The van der Waals surface area contributed by atoms with Crippen LogP contribution in [0.1, 0.15) is 38.6 Å². The Balaban J connectivity index is 2.26. The van der Waals surface area contributed by atoms with Gasteiger partial charge in [0.25, 0.3) is 0 Å². The molecule has 1 aromatic rings. The Morgan fingerprint density at radius 3 is 2.19 bits per heavy atom. The summed E-state index contributed by atoms with van der Waals surface area (Å²) >= 11 is 7.59. The van der Waals surface area contributed by atoms with Gasteiger partial charge in [-0.05, 0) is 28.9 Å². The topological polar surface area (TPSA) is 38.0 Å². The number of rotatable bonds is 3. The van der Waals surface area contributed by atoms with Crippen LogP contribution in [0.2, 0.25) is 4.34 Å². The fraction of sp³-hybridized carbons (Fsp3) is 0.667. The van der Waals surface area contributed by atoms with E-state index in [0.717, 1.165) is 4.34 Å². The third-order valence-electron chi connectivity index (χ3n) is 4.55. The molecule has 0 bridgehead atoms. The maximum absolute atomic E-state index is 5.98. The molecule has 1 atom stereocenters. The maximum Gasteiger partial charge on any atom is 0.0931 e. The molecule has 0 radical (unpaired) electrons. The Kier molecular flexibility index (Phi) is 2.86. The van der Waals surface area contributed by atoms with E-state index in [2.05, 4.69) is 39.2 Å². The normalized spacial score (nSPS) is 24.4. The lowest BCUT2D eigenvalue weighted by atomic mass is 10.0. The summed E-state index contributed by atoms with van der Waals surface area (Å²) in [5.74, 6) is 6.27. The molecule has 0 amide bonds. The molecule has 0 aromatic carbocycles. The average Bonchev–Trinajstić information content (AvgIpc) is 2.55. The number of thiophene rings is 1. The minimum Gasteiger partial charge on any atom is -0.271 e. The van der Waals surface area contributed by atoms with Crippen molar-refractivity contribution in [3.05, 3.63) is 21.3 Å². The van der Waals surface area contributed by atoms with Crippen LogP contribution in [0.3, 0.4) is 0 Å². The summed E-state index contributed by atoms with van der Waals surface area (Å²) in [5.41, 5.74) is 3.60. The molecule has 1 saturated carbocycles. The number of nitrogens with one attached hydrogen (secondary N) is 1. The Bertz CT molecular complexity index is 383. The van der Waals surface area contributed by atoms with Gasteiger partial charge in [0, 0.05) is 4.88 Å². The van der Waals surface area contributed by atoms with Gasteiger partial charge in [-0.1, -0.05) is 39.3 Å². The van der Waals surface area contributed by atoms with Gasteiger partial charge in [-0.2, -0.15) is 0 Å². The van der Waals surface area contributed by atoms with Crippen LogP contribution in [-0.2, 0) is 0 Å². The highest BCUT2D eigenvalue weighted by atomic mass is 35.5.